The number of esters is 1. The highest BCUT2D eigenvalue weighted by Crippen LogP contribution is 2.20. The molecule has 0 aliphatic rings. The van der Waals surface area contributed by atoms with Crippen LogP contribution in [0, 0.1) is 0 Å². The average Bonchev–Trinajstić information content (AvgIpc) is 2.92. The lowest BCUT2D eigenvalue weighted by molar-refractivity contribution is 0.0526. The van der Waals surface area contributed by atoms with Gasteiger partial charge in [0.05, 0.1) is 23.9 Å². The van der Waals surface area contributed by atoms with Crippen LogP contribution in [0.2, 0.25) is 0 Å². The molecule has 1 aromatic carbocycles. The molecule has 3 aromatic rings. The zero-order valence-corrected chi connectivity index (χ0v) is 11.1. The summed E-state index contributed by atoms with van der Waals surface area (Å²) in [6, 6.07) is 13.2. The number of aromatic nitrogens is 2. The Hall–Kier alpha value is -2.62. The quantitative estimate of drug-likeness (QED) is 0.684. The molecule has 0 spiro atoms. The van der Waals surface area contributed by atoms with Crippen molar-refractivity contribution in [2.24, 2.45) is 0 Å². The van der Waals surface area contributed by atoms with Crippen LogP contribution in [0.25, 0.3) is 16.9 Å². The Labute approximate surface area is 116 Å². The highest BCUT2D eigenvalue weighted by molar-refractivity contribution is 5.89. The van der Waals surface area contributed by atoms with E-state index in [1.54, 1.807) is 19.1 Å². The molecule has 0 aliphatic carbocycles. The fourth-order valence-electron chi connectivity index (χ4n) is 2.13. The smallest absolute Gasteiger partial charge is 0.338 e. The molecule has 0 saturated heterocycles. The van der Waals surface area contributed by atoms with Gasteiger partial charge in [0.25, 0.3) is 0 Å². The van der Waals surface area contributed by atoms with E-state index in [1.165, 1.54) is 0 Å². The van der Waals surface area contributed by atoms with Crippen molar-refractivity contribution in [3.8, 4) is 11.4 Å². The number of pyridine rings is 1. The number of carbonyl (C=O) groups excluding carboxylic acids is 1. The summed E-state index contributed by atoms with van der Waals surface area (Å²) in [6.07, 6.45) is 3.80. The zero-order valence-electron chi connectivity index (χ0n) is 11.1. The highest BCUT2D eigenvalue weighted by atomic mass is 16.5. The van der Waals surface area contributed by atoms with Gasteiger partial charge in [0.2, 0.25) is 0 Å². The van der Waals surface area contributed by atoms with Crippen LogP contribution < -0.4 is 0 Å². The van der Waals surface area contributed by atoms with Crippen molar-refractivity contribution < 1.29 is 9.53 Å². The lowest BCUT2D eigenvalue weighted by Gasteiger charge is -2.04. The van der Waals surface area contributed by atoms with Gasteiger partial charge in [-0.1, -0.05) is 18.2 Å². The zero-order chi connectivity index (χ0) is 13.9. The van der Waals surface area contributed by atoms with Crippen LogP contribution in [0.3, 0.4) is 0 Å². The van der Waals surface area contributed by atoms with Crippen LogP contribution in [0.15, 0.2) is 54.9 Å². The lowest BCUT2D eigenvalue weighted by Crippen LogP contribution is -2.04. The van der Waals surface area contributed by atoms with E-state index in [1.807, 2.05) is 47.1 Å². The summed E-state index contributed by atoms with van der Waals surface area (Å²) in [5.74, 6) is 0.558. The number of rotatable bonds is 3. The molecule has 0 atom stereocenters. The maximum absolute atomic E-state index is 11.6. The molecule has 0 fully saturated rings. The molecule has 0 aliphatic heterocycles. The molecule has 4 nitrogen and oxygen atoms in total. The summed E-state index contributed by atoms with van der Waals surface area (Å²) in [7, 11) is 0. The number of carbonyl (C=O) groups is 1. The van der Waals surface area contributed by atoms with Crippen molar-refractivity contribution in [1.82, 2.24) is 9.38 Å². The average molecular weight is 266 g/mol. The summed E-state index contributed by atoms with van der Waals surface area (Å²) >= 11 is 0. The van der Waals surface area contributed by atoms with Crippen LogP contribution >= 0.6 is 0 Å². The number of benzene rings is 1. The van der Waals surface area contributed by atoms with Gasteiger partial charge < -0.3 is 4.74 Å². The Bertz CT molecular complexity index is 745. The van der Waals surface area contributed by atoms with Crippen LogP contribution in [0.1, 0.15) is 17.3 Å². The second-order valence-corrected chi connectivity index (χ2v) is 4.38. The molecule has 0 amide bonds. The summed E-state index contributed by atoms with van der Waals surface area (Å²) in [5, 5.41) is 0. The predicted octanol–water partition coefficient (Wildman–Crippen LogP) is 3.18. The molecule has 0 bridgehead atoms. The molecule has 4 heteroatoms. The second kappa shape index (κ2) is 5.17. The Morgan fingerprint density at radius 1 is 1.20 bits per heavy atom. The van der Waals surface area contributed by atoms with Crippen LogP contribution in [-0.2, 0) is 4.74 Å². The Balaban J connectivity index is 1.97. The summed E-state index contributed by atoms with van der Waals surface area (Å²) in [4.78, 5) is 16.0. The number of fused-ring (bicyclic) bond motifs is 1. The number of ether oxygens (including phenoxy) is 1. The SMILES string of the molecule is CCOC(=O)c1ccc(-c2ncc3ccccn23)cc1. The number of hydrogen-bond acceptors (Lipinski definition) is 3. The topological polar surface area (TPSA) is 43.6 Å². The highest BCUT2D eigenvalue weighted by Gasteiger charge is 2.09. The summed E-state index contributed by atoms with van der Waals surface area (Å²) in [6.45, 7) is 2.18. The molecule has 2 heterocycles. The molecule has 2 aromatic heterocycles. The predicted molar refractivity (Wildman–Crippen MR) is 76.6 cm³/mol. The maximum atomic E-state index is 11.6. The van der Waals surface area contributed by atoms with Crippen molar-refractivity contribution in [3.63, 3.8) is 0 Å². The Morgan fingerprint density at radius 3 is 2.75 bits per heavy atom. The molecular formula is C16H14N2O2. The largest absolute Gasteiger partial charge is 0.462 e. The van der Waals surface area contributed by atoms with E-state index < -0.39 is 0 Å². The van der Waals surface area contributed by atoms with Crippen LogP contribution in [0.4, 0.5) is 0 Å². The van der Waals surface area contributed by atoms with E-state index in [4.69, 9.17) is 4.74 Å². The van der Waals surface area contributed by atoms with Gasteiger partial charge >= 0.3 is 5.97 Å². The molecule has 3 rings (SSSR count). The number of nitrogens with zero attached hydrogens (tertiary/aromatic N) is 2. The van der Waals surface area contributed by atoms with Gasteiger partial charge in [0.1, 0.15) is 5.82 Å². The summed E-state index contributed by atoms with van der Waals surface area (Å²) < 4.78 is 6.98. The van der Waals surface area contributed by atoms with Crippen LogP contribution in [-0.4, -0.2) is 22.0 Å². The minimum absolute atomic E-state index is 0.299. The van der Waals surface area contributed by atoms with Crippen molar-refractivity contribution in [2.45, 2.75) is 6.92 Å². The third kappa shape index (κ3) is 2.16. The first-order valence-electron chi connectivity index (χ1n) is 6.49. The molecule has 0 N–H and O–H groups in total. The molecule has 0 radical (unpaired) electrons. The van der Waals surface area contributed by atoms with E-state index in [-0.39, 0.29) is 5.97 Å². The fourth-order valence-corrected chi connectivity index (χ4v) is 2.13. The van der Waals surface area contributed by atoms with Gasteiger partial charge in [-0.2, -0.15) is 0 Å². The van der Waals surface area contributed by atoms with Gasteiger partial charge in [-0.25, -0.2) is 9.78 Å². The Morgan fingerprint density at radius 2 is 2.00 bits per heavy atom. The number of hydrogen-bond donors (Lipinski definition) is 0. The van der Waals surface area contributed by atoms with Crippen molar-refractivity contribution in [1.29, 1.82) is 0 Å². The van der Waals surface area contributed by atoms with E-state index in [0.29, 0.717) is 12.2 Å². The van der Waals surface area contributed by atoms with Crippen molar-refractivity contribution in [3.05, 3.63) is 60.4 Å². The third-order valence-electron chi connectivity index (χ3n) is 3.09. The van der Waals surface area contributed by atoms with Crippen molar-refractivity contribution >= 4 is 11.5 Å². The summed E-state index contributed by atoms with van der Waals surface area (Å²) in [5.41, 5.74) is 2.55. The van der Waals surface area contributed by atoms with Gasteiger partial charge in [0.15, 0.2) is 0 Å². The second-order valence-electron chi connectivity index (χ2n) is 4.38. The van der Waals surface area contributed by atoms with Crippen LogP contribution in [0.5, 0.6) is 0 Å². The van der Waals surface area contributed by atoms with Crippen molar-refractivity contribution in [2.75, 3.05) is 6.61 Å². The van der Waals surface area contributed by atoms with E-state index in [2.05, 4.69) is 4.98 Å². The number of imidazole rings is 1. The first-order valence-corrected chi connectivity index (χ1v) is 6.49. The Kier molecular flexibility index (Phi) is 3.21. The van der Waals surface area contributed by atoms with Gasteiger partial charge in [-0.05, 0) is 31.2 Å². The molecule has 0 saturated carbocycles. The van der Waals surface area contributed by atoms with Gasteiger partial charge in [-0.3, -0.25) is 4.40 Å². The molecule has 20 heavy (non-hydrogen) atoms. The molecule has 0 unspecified atom stereocenters. The van der Waals surface area contributed by atoms with E-state index in [9.17, 15) is 4.79 Å². The molecular weight excluding hydrogens is 252 g/mol. The van der Waals surface area contributed by atoms with E-state index >= 15 is 0 Å². The first kappa shape index (κ1) is 12.4. The monoisotopic (exact) mass is 266 g/mol. The first-order chi connectivity index (χ1) is 9.79. The van der Waals surface area contributed by atoms with Gasteiger partial charge in [0, 0.05) is 11.8 Å². The minimum Gasteiger partial charge on any atom is -0.462 e. The third-order valence-corrected chi connectivity index (χ3v) is 3.09. The standard InChI is InChI=1S/C16H14N2O2/c1-2-20-16(19)13-8-6-12(7-9-13)15-17-11-14-5-3-4-10-18(14)15/h3-11H,2H2,1H3. The minimum atomic E-state index is -0.299. The maximum Gasteiger partial charge on any atom is 0.338 e. The van der Waals surface area contributed by atoms with Gasteiger partial charge in [-0.15, -0.1) is 0 Å². The fraction of sp³-hybridized carbons (Fsp3) is 0.125. The molecule has 100 valence electrons. The lowest BCUT2D eigenvalue weighted by atomic mass is 10.1. The normalized spacial score (nSPS) is 10.7. The van der Waals surface area contributed by atoms with E-state index in [0.717, 1.165) is 16.9 Å².